The predicted molar refractivity (Wildman–Crippen MR) is 112 cm³/mol. The standard InChI is InChI=1S/C23H28N2O4/c1-4-25(5-2)12-11-24-23(28)19-14-17(26)13-18-20(27)15(3)21(29-22(18)19)16-9-7-6-8-10-16/h6-10,13-15,21,26H,4-5,11-12H2,1-3H3,(H,24,28)/t15-,21-/m1/s1. The number of hydrogen-bond acceptors (Lipinski definition) is 5. The highest BCUT2D eigenvalue weighted by Crippen LogP contribution is 2.42. The Morgan fingerprint density at radius 1 is 1.17 bits per heavy atom. The average Bonchev–Trinajstić information content (AvgIpc) is 2.74. The number of amides is 1. The number of fused-ring (bicyclic) bond motifs is 1. The van der Waals surface area contributed by atoms with Crippen molar-refractivity contribution in [3.63, 3.8) is 0 Å². The summed E-state index contributed by atoms with van der Waals surface area (Å²) in [6.45, 7) is 8.95. The first kappa shape index (κ1) is 20.9. The number of phenols is 1. The van der Waals surface area contributed by atoms with Crippen LogP contribution >= 0.6 is 0 Å². The van der Waals surface area contributed by atoms with E-state index in [4.69, 9.17) is 4.74 Å². The third kappa shape index (κ3) is 4.43. The molecule has 2 N–H and O–H groups in total. The van der Waals surface area contributed by atoms with Gasteiger partial charge < -0.3 is 20.1 Å². The van der Waals surface area contributed by atoms with Crippen LogP contribution in [0.15, 0.2) is 42.5 Å². The topological polar surface area (TPSA) is 78.9 Å². The Bertz CT molecular complexity index is 878. The molecule has 6 heteroatoms. The Labute approximate surface area is 171 Å². The molecule has 29 heavy (non-hydrogen) atoms. The summed E-state index contributed by atoms with van der Waals surface area (Å²) in [7, 11) is 0. The molecule has 154 valence electrons. The monoisotopic (exact) mass is 396 g/mol. The van der Waals surface area contributed by atoms with Crippen LogP contribution in [0.2, 0.25) is 0 Å². The van der Waals surface area contributed by atoms with Gasteiger partial charge in [-0.1, -0.05) is 51.1 Å². The van der Waals surface area contributed by atoms with Gasteiger partial charge in [0.05, 0.1) is 17.0 Å². The Morgan fingerprint density at radius 2 is 1.86 bits per heavy atom. The van der Waals surface area contributed by atoms with Crippen molar-refractivity contribution in [2.75, 3.05) is 26.2 Å². The van der Waals surface area contributed by atoms with Gasteiger partial charge in [0.2, 0.25) is 0 Å². The van der Waals surface area contributed by atoms with Crippen LogP contribution in [0.1, 0.15) is 53.2 Å². The van der Waals surface area contributed by atoms with Crippen LogP contribution in [0.3, 0.4) is 0 Å². The van der Waals surface area contributed by atoms with Crippen molar-refractivity contribution in [3.05, 3.63) is 59.2 Å². The number of Topliss-reactive ketones (excluding diaryl/α,β-unsaturated/α-hetero) is 1. The minimum Gasteiger partial charge on any atom is -0.508 e. The zero-order chi connectivity index (χ0) is 21.0. The van der Waals surface area contributed by atoms with Gasteiger partial charge >= 0.3 is 0 Å². The molecule has 2 aromatic carbocycles. The molecule has 3 rings (SSSR count). The highest BCUT2D eigenvalue weighted by molar-refractivity contribution is 6.07. The molecule has 0 saturated carbocycles. The van der Waals surface area contributed by atoms with Crippen LogP contribution in [-0.2, 0) is 0 Å². The lowest BCUT2D eigenvalue weighted by molar-refractivity contribution is 0.0682. The highest BCUT2D eigenvalue weighted by Gasteiger charge is 2.37. The summed E-state index contributed by atoms with van der Waals surface area (Å²) in [5.74, 6) is -0.822. The number of phenolic OH excluding ortho intramolecular Hbond substituents is 1. The first-order chi connectivity index (χ1) is 14.0. The number of benzene rings is 2. The molecule has 0 aromatic heterocycles. The van der Waals surface area contributed by atoms with Gasteiger partial charge in [-0.3, -0.25) is 9.59 Å². The molecule has 1 aliphatic heterocycles. The summed E-state index contributed by atoms with van der Waals surface area (Å²) in [6.07, 6.45) is -0.483. The molecule has 0 radical (unpaired) electrons. The minimum absolute atomic E-state index is 0.125. The van der Waals surface area contributed by atoms with Crippen LogP contribution < -0.4 is 10.1 Å². The predicted octanol–water partition coefficient (Wildman–Crippen LogP) is 3.42. The maximum Gasteiger partial charge on any atom is 0.255 e. The Balaban J connectivity index is 1.88. The first-order valence-corrected chi connectivity index (χ1v) is 10.1. The SMILES string of the molecule is CCN(CC)CCNC(=O)c1cc(O)cc2c1O[C@@H](c1ccccc1)[C@H](C)C2=O. The molecule has 1 amide bonds. The van der Waals surface area contributed by atoms with Crippen molar-refractivity contribution < 1.29 is 19.4 Å². The average molecular weight is 396 g/mol. The maximum absolute atomic E-state index is 13.0. The normalized spacial score (nSPS) is 18.3. The molecule has 0 spiro atoms. The molecule has 2 atom stereocenters. The summed E-state index contributed by atoms with van der Waals surface area (Å²) in [5, 5.41) is 13.0. The number of carbonyl (C=O) groups is 2. The van der Waals surface area contributed by atoms with Crippen LogP contribution in [0.25, 0.3) is 0 Å². The summed E-state index contributed by atoms with van der Waals surface area (Å²) in [6, 6.07) is 12.2. The molecular formula is C23H28N2O4. The van der Waals surface area contributed by atoms with E-state index in [2.05, 4.69) is 24.1 Å². The zero-order valence-corrected chi connectivity index (χ0v) is 17.1. The van der Waals surface area contributed by atoms with Gasteiger partial charge in [0, 0.05) is 13.1 Å². The van der Waals surface area contributed by atoms with Crippen LogP contribution in [-0.4, -0.2) is 47.9 Å². The number of nitrogens with zero attached hydrogens (tertiary/aromatic N) is 1. The van der Waals surface area contributed by atoms with Gasteiger partial charge in [-0.05, 0) is 30.8 Å². The lowest BCUT2D eigenvalue weighted by Crippen LogP contribution is -2.36. The number of aromatic hydroxyl groups is 1. The van der Waals surface area contributed by atoms with Crippen LogP contribution in [0, 0.1) is 5.92 Å². The van der Waals surface area contributed by atoms with E-state index in [1.165, 1.54) is 12.1 Å². The smallest absolute Gasteiger partial charge is 0.255 e. The zero-order valence-electron chi connectivity index (χ0n) is 17.1. The van der Waals surface area contributed by atoms with Crippen LogP contribution in [0.4, 0.5) is 0 Å². The van der Waals surface area contributed by atoms with E-state index in [9.17, 15) is 14.7 Å². The molecule has 0 unspecified atom stereocenters. The van der Waals surface area contributed by atoms with Crippen molar-refractivity contribution >= 4 is 11.7 Å². The van der Waals surface area contributed by atoms with Crippen molar-refractivity contribution in [1.82, 2.24) is 10.2 Å². The third-order valence-corrected chi connectivity index (χ3v) is 5.43. The van der Waals surface area contributed by atoms with E-state index >= 15 is 0 Å². The molecule has 1 heterocycles. The van der Waals surface area contributed by atoms with E-state index in [1.54, 1.807) is 6.92 Å². The molecule has 1 aliphatic rings. The van der Waals surface area contributed by atoms with Gasteiger partial charge in [0.15, 0.2) is 5.78 Å². The summed E-state index contributed by atoms with van der Waals surface area (Å²) in [4.78, 5) is 28.0. The summed E-state index contributed by atoms with van der Waals surface area (Å²) >= 11 is 0. The molecule has 6 nitrogen and oxygen atoms in total. The summed E-state index contributed by atoms with van der Waals surface area (Å²) in [5.41, 5.74) is 1.30. The molecule has 0 fully saturated rings. The largest absolute Gasteiger partial charge is 0.508 e. The number of carbonyl (C=O) groups excluding carboxylic acids is 2. The highest BCUT2D eigenvalue weighted by atomic mass is 16.5. The molecule has 0 bridgehead atoms. The quantitative estimate of drug-likeness (QED) is 0.750. The fourth-order valence-electron chi connectivity index (χ4n) is 3.67. The number of likely N-dealkylation sites (N-methyl/N-ethyl adjacent to an activating group) is 1. The molecule has 0 aliphatic carbocycles. The number of nitrogens with one attached hydrogen (secondary N) is 1. The van der Waals surface area contributed by atoms with Crippen molar-refractivity contribution in [1.29, 1.82) is 0 Å². The van der Waals surface area contributed by atoms with Gasteiger partial charge in [0.1, 0.15) is 17.6 Å². The van der Waals surface area contributed by atoms with Gasteiger partial charge in [0.25, 0.3) is 5.91 Å². The van der Waals surface area contributed by atoms with Crippen LogP contribution in [0.5, 0.6) is 11.5 Å². The fraction of sp³-hybridized carbons (Fsp3) is 0.391. The van der Waals surface area contributed by atoms with Crippen molar-refractivity contribution in [3.8, 4) is 11.5 Å². The van der Waals surface area contributed by atoms with Crippen molar-refractivity contribution in [2.24, 2.45) is 5.92 Å². The van der Waals surface area contributed by atoms with Gasteiger partial charge in [-0.25, -0.2) is 0 Å². The molecule has 0 saturated heterocycles. The lowest BCUT2D eigenvalue weighted by Gasteiger charge is -2.32. The van der Waals surface area contributed by atoms with E-state index in [-0.39, 0.29) is 34.3 Å². The van der Waals surface area contributed by atoms with E-state index in [0.717, 1.165) is 25.2 Å². The van der Waals surface area contributed by atoms with E-state index in [0.29, 0.717) is 6.54 Å². The Kier molecular flexibility index (Phi) is 6.54. The first-order valence-electron chi connectivity index (χ1n) is 10.1. The Hall–Kier alpha value is -2.86. The second kappa shape index (κ2) is 9.09. The van der Waals surface area contributed by atoms with Gasteiger partial charge in [-0.2, -0.15) is 0 Å². The third-order valence-electron chi connectivity index (χ3n) is 5.43. The maximum atomic E-state index is 13.0. The minimum atomic E-state index is -0.483. The van der Waals surface area contributed by atoms with E-state index < -0.39 is 12.0 Å². The number of rotatable bonds is 7. The lowest BCUT2D eigenvalue weighted by atomic mass is 9.86. The second-order valence-electron chi connectivity index (χ2n) is 7.25. The summed E-state index contributed by atoms with van der Waals surface area (Å²) < 4.78 is 6.17. The number of hydrogen-bond donors (Lipinski definition) is 2. The van der Waals surface area contributed by atoms with Crippen molar-refractivity contribution in [2.45, 2.75) is 26.9 Å². The second-order valence-corrected chi connectivity index (χ2v) is 7.25. The fourth-order valence-corrected chi connectivity index (χ4v) is 3.67. The molecule has 2 aromatic rings. The van der Waals surface area contributed by atoms with Gasteiger partial charge in [-0.15, -0.1) is 0 Å². The number of ketones is 1. The van der Waals surface area contributed by atoms with E-state index in [1.807, 2.05) is 30.3 Å². The molecular weight excluding hydrogens is 368 g/mol. The Morgan fingerprint density at radius 3 is 2.52 bits per heavy atom. The number of ether oxygens (including phenoxy) is 1.